The molecule has 0 spiro atoms. The lowest BCUT2D eigenvalue weighted by molar-refractivity contribution is 0.0591. The lowest BCUT2D eigenvalue weighted by Crippen LogP contribution is -2.09. The molecule has 0 saturated carbocycles. The second-order valence-electron chi connectivity index (χ2n) is 5.71. The predicted molar refractivity (Wildman–Crippen MR) is 102 cm³/mol. The van der Waals surface area contributed by atoms with Gasteiger partial charge in [-0.25, -0.2) is 9.18 Å². The highest BCUT2D eigenvalue weighted by molar-refractivity contribution is 6.03. The Morgan fingerprint density at radius 1 is 1.15 bits per heavy atom. The van der Waals surface area contributed by atoms with Crippen molar-refractivity contribution < 1.29 is 13.9 Å². The molecule has 3 rings (SSSR count). The number of carbonyl (C=O) groups is 1. The largest absolute Gasteiger partial charge is 0.464 e. The van der Waals surface area contributed by atoms with Crippen LogP contribution in [-0.2, 0) is 11.8 Å². The molecule has 0 fully saturated rings. The third-order valence-electron chi connectivity index (χ3n) is 4.17. The van der Waals surface area contributed by atoms with Crippen LogP contribution in [0.25, 0.3) is 22.3 Å². The minimum atomic E-state index is -0.487. The summed E-state index contributed by atoms with van der Waals surface area (Å²) >= 11 is 0. The van der Waals surface area contributed by atoms with Gasteiger partial charge in [-0.1, -0.05) is 24.6 Å². The molecule has 5 heteroatoms. The molecule has 0 amide bonds. The van der Waals surface area contributed by atoms with Crippen LogP contribution in [0.2, 0.25) is 0 Å². The van der Waals surface area contributed by atoms with Crippen molar-refractivity contribution in [2.45, 2.75) is 0 Å². The monoisotopic (exact) mass is 360 g/mol. The molecule has 0 aliphatic rings. The van der Waals surface area contributed by atoms with Gasteiger partial charge in [0.05, 0.1) is 7.11 Å². The first-order valence-corrected chi connectivity index (χ1v) is 8.18. The zero-order valence-corrected chi connectivity index (χ0v) is 15.0. The highest BCUT2D eigenvalue weighted by Crippen LogP contribution is 2.39. The Morgan fingerprint density at radius 3 is 2.37 bits per heavy atom. The first kappa shape index (κ1) is 18.2. The third-order valence-corrected chi connectivity index (χ3v) is 4.17. The van der Waals surface area contributed by atoms with Crippen molar-refractivity contribution >= 4 is 5.97 Å². The third kappa shape index (κ3) is 3.38. The summed E-state index contributed by atoms with van der Waals surface area (Å²) in [6.45, 7) is 3.63. The van der Waals surface area contributed by atoms with Gasteiger partial charge in [0.2, 0.25) is 0 Å². The number of rotatable bonds is 3. The van der Waals surface area contributed by atoms with Crippen LogP contribution < -0.4 is 0 Å². The smallest absolute Gasteiger partial charge is 0.355 e. The number of hydrogen-bond acceptors (Lipinski definition) is 3. The van der Waals surface area contributed by atoms with Crippen molar-refractivity contribution in [1.29, 1.82) is 0 Å². The van der Waals surface area contributed by atoms with Crippen LogP contribution in [0.1, 0.15) is 16.2 Å². The standard InChI is InChI=1S/C22H17FN2O2/c1-4-5-6-18-19(15-7-9-17(23)10-8-15)20(16-11-13-24-14-12-16)21(25(18)2)22(26)27-3/h4,7-14H,1H2,2-3H3. The minimum Gasteiger partial charge on any atom is -0.464 e. The van der Waals surface area contributed by atoms with Gasteiger partial charge in [0, 0.05) is 30.6 Å². The summed E-state index contributed by atoms with van der Waals surface area (Å²) in [7, 11) is 3.08. The van der Waals surface area contributed by atoms with E-state index in [0.29, 0.717) is 17.0 Å². The Bertz CT molecular complexity index is 1060. The highest BCUT2D eigenvalue weighted by atomic mass is 19.1. The molecule has 0 radical (unpaired) electrons. The Hall–Kier alpha value is -3.65. The molecule has 0 N–H and O–H groups in total. The fourth-order valence-electron chi connectivity index (χ4n) is 2.98. The van der Waals surface area contributed by atoms with Gasteiger partial charge in [-0.2, -0.15) is 0 Å². The Balaban J connectivity index is 2.45. The van der Waals surface area contributed by atoms with E-state index in [0.717, 1.165) is 16.7 Å². The molecule has 134 valence electrons. The molecular formula is C22H17FN2O2. The summed E-state index contributed by atoms with van der Waals surface area (Å²) in [5, 5.41) is 0. The van der Waals surface area contributed by atoms with Gasteiger partial charge in [-0.05, 0) is 47.4 Å². The van der Waals surface area contributed by atoms with Crippen LogP contribution in [-0.4, -0.2) is 22.6 Å². The number of esters is 1. The number of carbonyl (C=O) groups excluding carboxylic acids is 1. The van der Waals surface area contributed by atoms with Crippen molar-refractivity contribution in [3.63, 3.8) is 0 Å². The molecule has 27 heavy (non-hydrogen) atoms. The number of halogens is 1. The number of ether oxygens (including phenoxy) is 1. The quantitative estimate of drug-likeness (QED) is 0.519. The molecule has 0 aliphatic heterocycles. The van der Waals surface area contributed by atoms with E-state index in [1.165, 1.54) is 25.3 Å². The first-order chi connectivity index (χ1) is 13.1. The number of benzene rings is 1. The van der Waals surface area contributed by atoms with E-state index < -0.39 is 5.97 Å². The molecule has 2 aromatic heterocycles. The number of nitrogens with zero attached hydrogens (tertiary/aromatic N) is 2. The molecule has 0 saturated heterocycles. The van der Waals surface area contributed by atoms with E-state index in [1.54, 1.807) is 48.3 Å². The van der Waals surface area contributed by atoms with Crippen LogP contribution in [0, 0.1) is 17.7 Å². The van der Waals surface area contributed by atoms with Crippen molar-refractivity contribution in [3.8, 4) is 34.1 Å². The van der Waals surface area contributed by atoms with Gasteiger partial charge in [-0.3, -0.25) is 4.98 Å². The van der Waals surface area contributed by atoms with Crippen LogP contribution in [0.3, 0.4) is 0 Å². The Kier molecular flexibility index (Phi) is 5.18. The van der Waals surface area contributed by atoms with E-state index >= 15 is 0 Å². The highest BCUT2D eigenvalue weighted by Gasteiger charge is 2.27. The van der Waals surface area contributed by atoms with E-state index in [-0.39, 0.29) is 5.82 Å². The normalized spacial score (nSPS) is 10.0. The number of aromatic nitrogens is 2. The summed E-state index contributed by atoms with van der Waals surface area (Å²) in [5.41, 5.74) is 3.87. The number of hydrogen-bond donors (Lipinski definition) is 0. The first-order valence-electron chi connectivity index (χ1n) is 8.18. The van der Waals surface area contributed by atoms with Crippen LogP contribution in [0.4, 0.5) is 4.39 Å². The summed E-state index contributed by atoms with van der Waals surface area (Å²) in [4.78, 5) is 16.6. The van der Waals surface area contributed by atoms with E-state index in [9.17, 15) is 9.18 Å². The summed E-state index contributed by atoms with van der Waals surface area (Å²) in [6, 6.07) is 9.69. The zero-order chi connectivity index (χ0) is 19.4. The van der Waals surface area contributed by atoms with Gasteiger partial charge in [-0.15, -0.1) is 0 Å². The fourth-order valence-corrected chi connectivity index (χ4v) is 2.98. The SMILES string of the molecule is C=CC#Cc1c(-c2ccc(F)cc2)c(-c2ccncc2)c(C(=O)OC)n1C. The zero-order valence-electron chi connectivity index (χ0n) is 15.0. The van der Waals surface area contributed by atoms with E-state index in [2.05, 4.69) is 23.4 Å². The van der Waals surface area contributed by atoms with Gasteiger partial charge in [0.1, 0.15) is 17.2 Å². The van der Waals surface area contributed by atoms with Crippen LogP contribution >= 0.6 is 0 Å². The predicted octanol–water partition coefficient (Wildman–Crippen LogP) is 4.22. The molecule has 0 bridgehead atoms. The lowest BCUT2D eigenvalue weighted by atomic mass is 9.95. The molecule has 0 atom stereocenters. The van der Waals surface area contributed by atoms with Gasteiger partial charge < -0.3 is 9.30 Å². The van der Waals surface area contributed by atoms with E-state index in [1.807, 2.05) is 0 Å². The Labute approximate surface area is 156 Å². The van der Waals surface area contributed by atoms with Gasteiger partial charge in [0.15, 0.2) is 0 Å². The second-order valence-corrected chi connectivity index (χ2v) is 5.71. The average Bonchev–Trinajstić information content (AvgIpc) is 2.99. The molecule has 0 unspecified atom stereocenters. The van der Waals surface area contributed by atoms with Crippen molar-refractivity contribution in [2.24, 2.45) is 7.05 Å². The molecule has 2 heterocycles. The maximum Gasteiger partial charge on any atom is 0.355 e. The van der Waals surface area contributed by atoms with Crippen molar-refractivity contribution in [1.82, 2.24) is 9.55 Å². The van der Waals surface area contributed by atoms with Crippen molar-refractivity contribution in [3.05, 3.63) is 78.7 Å². The minimum absolute atomic E-state index is 0.341. The summed E-state index contributed by atoms with van der Waals surface area (Å²) < 4.78 is 20.2. The second kappa shape index (κ2) is 7.71. The summed E-state index contributed by atoms with van der Waals surface area (Å²) in [6.07, 6.45) is 4.77. The number of methoxy groups -OCH3 is 1. The molecule has 3 aromatic rings. The number of allylic oxidation sites excluding steroid dienone is 1. The van der Waals surface area contributed by atoms with Gasteiger partial charge in [0.25, 0.3) is 0 Å². The maximum absolute atomic E-state index is 13.5. The molecule has 4 nitrogen and oxygen atoms in total. The van der Waals surface area contributed by atoms with E-state index in [4.69, 9.17) is 4.74 Å². The maximum atomic E-state index is 13.5. The molecular weight excluding hydrogens is 343 g/mol. The summed E-state index contributed by atoms with van der Waals surface area (Å²) in [5.74, 6) is 5.03. The van der Waals surface area contributed by atoms with Crippen molar-refractivity contribution in [2.75, 3.05) is 7.11 Å². The lowest BCUT2D eigenvalue weighted by Gasteiger charge is -2.08. The van der Waals surface area contributed by atoms with Crippen LogP contribution in [0.15, 0.2) is 61.4 Å². The topological polar surface area (TPSA) is 44.1 Å². The van der Waals surface area contributed by atoms with Crippen LogP contribution in [0.5, 0.6) is 0 Å². The number of pyridine rings is 1. The molecule has 1 aromatic carbocycles. The van der Waals surface area contributed by atoms with Gasteiger partial charge >= 0.3 is 5.97 Å². The fraction of sp³-hybridized carbons (Fsp3) is 0.0909. The molecule has 0 aliphatic carbocycles. The average molecular weight is 360 g/mol. The Morgan fingerprint density at radius 2 is 1.78 bits per heavy atom.